The Morgan fingerprint density at radius 2 is 1.92 bits per heavy atom. The Bertz CT molecular complexity index is 589. The van der Waals surface area contributed by atoms with E-state index in [1.54, 1.807) is 26.8 Å². The molecule has 0 bridgehead atoms. The van der Waals surface area contributed by atoms with Gasteiger partial charge in [-0.3, -0.25) is 4.57 Å². The molecule has 0 heterocycles. The molecule has 0 aliphatic rings. The van der Waals surface area contributed by atoms with E-state index in [0.717, 1.165) is 12.0 Å². The number of amides is 1. The molecule has 0 spiro atoms. The first-order valence-corrected chi connectivity index (χ1v) is 9.59. The van der Waals surface area contributed by atoms with Crippen molar-refractivity contribution in [3.8, 4) is 0 Å². The van der Waals surface area contributed by atoms with E-state index in [2.05, 4.69) is 5.32 Å². The van der Waals surface area contributed by atoms with Crippen molar-refractivity contribution in [3.63, 3.8) is 0 Å². The minimum absolute atomic E-state index is 0.356. The predicted molar refractivity (Wildman–Crippen MR) is 94.0 cm³/mol. The van der Waals surface area contributed by atoms with E-state index >= 15 is 0 Å². The van der Waals surface area contributed by atoms with E-state index in [-0.39, 0.29) is 12.2 Å². The van der Waals surface area contributed by atoms with Crippen LogP contribution in [0.5, 0.6) is 0 Å². The van der Waals surface area contributed by atoms with E-state index < -0.39 is 19.3 Å². The summed E-state index contributed by atoms with van der Waals surface area (Å²) in [6, 6.07) is 9.42. The monoisotopic (exact) mass is 355 g/mol. The molecular formula is C17H26NO5P. The molecule has 7 heteroatoms. The van der Waals surface area contributed by atoms with Crippen LogP contribution in [0.15, 0.2) is 42.5 Å². The van der Waals surface area contributed by atoms with Gasteiger partial charge in [-0.1, -0.05) is 42.5 Å². The molecule has 1 aromatic rings. The van der Waals surface area contributed by atoms with Gasteiger partial charge in [0.15, 0.2) is 0 Å². The number of carbonyl (C=O) groups excluding carboxylic acids is 1. The fourth-order valence-electron chi connectivity index (χ4n) is 2.00. The van der Waals surface area contributed by atoms with E-state index in [1.807, 2.05) is 30.3 Å². The maximum absolute atomic E-state index is 11.9. The Balaban J connectivity index is 2.67. The van der Waals surface area contributed by atoms with Gasteiger partial charge in [0.25, 0.3) is 0 Å². The molecule has 0 aliphatic carbocycles. The van der Waals surface area contributed by atoms with E-state index in [4.69, 9.17) is 14.5 Å². The van der Waals surface area contributed by atoms with E-state index in [0.29, 0.717) is 6.42 Å². The second-order valence-electron chi connectivity index (χ2n) is 6.55. The number of carbonyl (C=O) groups is 1. The summed E-state index contributed by atoms with van der Waals surface area (Å²) < 4.78 is 16.2. The highest BCUT2D eigenvalue weighted by atomic mass is 31.2. The topological polar surface area (TPSA) is 95.9 Å². The highest BCUT2D eigenvalue weighted by Crippen LogP contribution is 2.33. The SMILES string of the molecule is CC(C)(C)OC(=O)NC(/C=C/CP(=O)(O)O)CCc1ccccc1. The van der Waals surface area contributed by atoms with Crippen LogP contribution in [0.4, 0.5) is 4.79 Å². The molecular weight excluding hydrogens is 329 g/mol. The summed E-state index contributed by atoms with van der Waals surface area (Å²) >= 11 is 0. The number of allylic oxidation sites excluding steroid dienone is 1. The number of hydrogen-bond acceptors (Lipinski definition) is 3. The fraction of sp³-hybridized carbons (Fsp3) is 0.471. The third-order valence-corrected chi connectivity index (χ3v) is 3.69. The van der Waals surface area contributed by atoms with Crippen LogP contribution in [0.3, 0.4) is 0 Å². The van der Waals surface area contributed by atoms with Crippen LogP contribution in [-0.4, -0.2) is 33.7 Å². The number of aryl methyl sites for hydroxylation is 1. The maximum Gasteiger partial charge on any atom is 0.408 e. The van der Waals surface area contributed by atoms with Crippen molar-refractivity contribution in [1.82, 2.24) is 5.32 Å². The van der Waals surface area contributed by atoms with Crippen LogP contribution >= 0.6 is 7.60 Å². The lowest BCUT2D eigenvalue weighted by molar-refractivity contribution is 0.0512. The zero-order chi connectivity index (χ0) is 18.2. The zero-order valence-electron chi connectivity index (χ0n) is 14.3. The Hall–Kier alpha value is -1.62. The minimum Gasteiger partial charge on any atom is -0.444 e. The summed E-state index contributed by atoms with van der Waals surface area (Å²) in [7, 11) is -4.10. The third kappa shape index (κ3) is 10.2. The Morgan fingerprint density at radius 1 is 1.29 bits per heavy atom. The molecule has 24 heavy (non-hydrogen) atoms. The van der Waals surface area contributed by atoms with Crippen molar-refractivity contribution in [1.29, 1.82) is 0 Å². The smallest absolute Gasteiger partial charge is 0.408 e. The zero-order valence-corrected chi connectivity index (χ0v) is 15.2. The number of alkyl carbamates (subject to hydrolysis) is 1. The van der Waals surface area contributed by atoms with Gasteiger partial charge in [0, 0.05) is 0 Å². The summed E-state index contributed by atoms with van der Waals surface area (Å²) in [5.41, 5.74) is 0.515. The molecule has 1 amide bonds. The largest absolute Gasteiger partial charge is 0.444 e. The number of hydrogen-bond donors (Lipinski definition) is 3. The molecule has 0 saturated carbocycles. The van der Waals surface area contributed by atoms with Crippen molar-refractivity contribution in [2.24, 2.45) is 0 Å². The van der Waals surface area contributed by atoms with Crippen LogP contribution < -0.4 is 5.32 Å². The maximum atomic E-state index is 11.9. The average molecular weight is 355 g/mol. The van der Waals surface area contributed by atoms with Gasteiger partial charge in [-0.25, -0.2) is 4.79 Å². The lowest BCUT2D eigenvalue weighted by Crippen LogP contribution is -2.38. The van der Waals surface area contributed by atoms with Crippen LogP contribution in [0, 0.1) is 0 Å². The summed E-state index contributed by atoms with van der Waals surface area (Å²) in [5.74, 6) is 0. The van der Waals surface area contributed by atoms with Gasteiger partial charge in [-0.05, 0) is 39.2 Å². The van der Waals surface area contributed by atoms with Gasteiger partial charge in [-0.15, -0.1) is 0 Å². The standard InChI is InChI=1S/C17H26NO5P/c1-17(2,3)23-16(19)18-15(10-7-13-24(20,21)22)12-11-14-8-5-4-6-9-14/h4-10,15H,11-13H2,1-3H3,(H,18,19)(H2,20,21,22)/b10-7+. The predicted octanol–water partition coefficient (Wildman–Crippen LogP) is 3.25. The number of ether oxygens (including phenoxy) is 1. The second-order valence-corrected chi connectivity index (χ2v) is 8.25. The molecule has 0 radical (unpaired) electrons. The lowest BCUT2D eigenvalue weighted by Gasteiger charge is -2.22. The van der Waals surface area contributed by atoms with Crippen LogP contribution in [0.25, 0.3) is 0 Å². The van der Waals surface area contributed by atoms with Crippen LogP contribution in [0.1, 0.15) is 32.8 Å². The van der Waals surface area contributed by atoms with Gasteiger partial charge in [-0.2, -0.15) is 0 Å². The minimum atomic E-state index is -4.10. The molecule has 1 atom stereocenters. The van der Waals surface area contributed by atoms with Crippen molar-refractivity contribution in [2.45, 2.75) is 45.3 Å². The summed E-state index contributed by atoms with van der Waals surface area (Å²) in [4.78, 5) is 29.8. The molecule has 134 valence electrons. The lowest BCUT2D eigenvalue weighted by atomic mass is 10.1. The van der Waals surface area contributed by atoms with Gasteiger partial charge < -0.3 is 19.8 Å². The molecule has 1 rings (SSSR count). The Kier molecular flexibility index (Phi) is 7.67. The summed E-state index contributed by atoms with van der Waals surface area (Å²) in [6.45, 7) is 5.32. The van der Waals surface area contributed by atoms with Gasteiger partial charge in [0.2, 0.25) is 0 Å². The van der Waals surface area contributed by atoms with Crippen molar-refractivity contribution < 1.29 is 23.9 Å². The fourth-order valence-corrected chi connectivity index (χ4v) is 2.40. The van der Waals surface area contributed by atoms with E-state index in [9.17, 15) is 9.36 Å². The van der Waals surface area contributed by atoms with Gasteiger partial charge in [0.05, 0.1) is 12.2 Å². The average Bonchev–Trinajstić information content (AvgIpc) is 2.42. The summed E-state index contributed by atoms with van der Waals surface area (Å²) in [6.07, 6.45) is 3.41. The molecule has 0 saturated heterocycles. The second kappa shape index (κ2) is 9.02. The first kappa shape index (κ1) is 20.4. The number of benzene rings is 1. The molecule has 0 aliphatic heterocycles. The highest BCUT2D eigenvalue weighted by molar-refractivity contribution is 7.51. The first-order chi connectivity index (χ1) is 11.1. The molecule has 0 aromatic heterocycles. The molecule has 1 aromatic carbocycles. The molecule has 3 N–H and O–H groups in total. The van der Waals surface area contributed by atoms with Gasteiger partial charge >= 0.3 is 13.7 Å². The van der Waals surface area contributed by atoms with Crippen molar-refractivity contribution in [2.75, 3.05) is 6.16 Å². The normalized spacial score (nSPS) is 13.7. The molecule has 0 fully saturated rings. The van der Waals surface area contributed by atoms with Crippen LogP contribution in [0.2, 0.25) is 0 Å². The van der Waals surface area contributed by atoms with E-state index in [1.165, 1.54) is 6.08 Å². The quantitative estimate of drug-likeness (QED) is 0.515. The number of nitrogens with one attached hydrogen (secondary N) is 1. The molecule has 1 unspecified atom stereocenters. The molecule has 6 nitrogen and oxygen atoms in total. The van der Waals surface area contributed by atoms with Crippen molar-refractivity contribution in [3.05, 3.63) is 48.0 Å². The van der Waals surface area contributed by atoms with Gasteiger partial charge in [0.1, 0.15) is 5.60 Å². The highest BCUT2D eigenvalue weighted by Gasteiger charge is 2.18. The third-order valence-electron chi connectivity index (χ3n) is 3.00. The summed E-state index contributed by atoms with van der Waals surface area (Å²) in [5, 5.41) is 2.73. The van der Waals surface area contributed by atoms with Crippen molar-refractivity contribution >= 4 is 13.7 Å². The Labute approximate surface area is 143 Å². The number of rotatable bonds is 7. The first-order valence-electron chi connectivity index (χ1n) is 7.80. The Morgan fingerprint density at radius 3 is 2.46 bits per heavy atom. The van der Waals surface area contributed by atoms with Crippen LogP contribution in [-0.2, 0) is 15.7 Å².